The number of methoxy groups -OCH3 is 3. The van der Waals surface area contributed by atoms with Crippen molar-refractivity contribution in [1.82, 2.24) is 14.7 Å². The SMILES string of the molecule is CC=CCN1C(=O)N(CCc2ccccc2)C2(CCN(Cc3c(OC)cc(OC)cc3OC)CC2)C1=O. The lowest BCUT2D eigenvalue weighted by Crippen LogP contribution is -2.56. The molecule has 0 saturated carbocycles. The van der Waals surface area contributed by atoms with Gasteiger partial charge in [0.05, 0.1) is 26.9 Å². The summed E-state index contributed by atoms with van der Waals surface area (Å²) in [5.41, 5.74) is 1.28. The number of imide groups is 1. The van der Waals surface area contributed by atoms with E-state index >= 15 is 0 Å². The number of nitrogens with zero attached hydrogens (tertiary/aromatic N) is 3. The molecule has 0 unspecified atom stereocenters. The molecule has 0 aromatic heterocycles. The van der Waals surface area contributed by atoms with Crippen molar-refractivity contribution >= 4 is 11.9 Å². The molecule has 0 bridgehead atoms. The monoisotopic (exact) mass is 507 g/mol. The van der Waals surface area contributed by atoms with Crippen molar-refractivity contribution < 1.29 is 23.8 Å². The number of likely N-dealkylation sites (tertiary alicyclic amines) is 1. The van der Waals surface area contributed by atoms with Crippen molar-refractivity contribution in [3.63, 3.8) is 0 Å². The Hall–Kier alpha value is -3.52. The average molecular weight is 508 g/mol. The number of hydrogen-bond acceptors (Lipinski definition) is 6. The molecule has 0 N–H and O–H groups in total. The van der Waals surface area contributed by atoms with Crippen LogP contribution < -0.4 is 14.2 Å². The third-order valence-corrected chi connectivity index (χ3v) is 7.49. The van der Waals surface area contributed by atoms with E-state index in [4.69, 9.17) is 14.2 Å². The minimum absolute atomic E-state index is 0.0806. The first-order valence-electron chi connectivity index (χ1n) is 12.8. The van der Waals surface area contributed by atoms with Crippen LogP contribution in [-0.4, -0.2) is 79.7 Å². The number of carbonyl (C=O) groups is 2. The Kier molecular flexibility index (Phi) is 8.38. The largest absolute Gasteiger partial charge is 0.496 e. The van der Waals surface area contributed by atoms with Gasteiger partial charge in [-0.2, -0.15) is 0 Å². The van der Waals surface area contributed by atoms with Crippen molar-refractivity contribution in [3.8, 4) is 17.2 Å². The van der Waals surface area contributed by atoms with Gasteiger partial charge < -0.3 is 19.1 Å². The third-order valence-electron chi connectivity index (χ3n) is 7.49. The first-order chi connectivity index (χ1) is 18.0. The highest BCUT2D eigenvalue weighted by Gasteiger charge is 2.57. The fraction of sp³-hybridized carbons (Fsp3) is 0.448. The Bertz CT molecular complexity index is 1100. The van der Waals surface area contributed by atoms with Crippen LogP contribution in [0.25, 0.3) is 0 Å². The maximum absolute atomic E-state index is 13.7. The molecule has 198 valence electrons. The molecule has 2 aromatic carbocycles. The molecule has 0 aliphatic carbocycles. The Balaban J connectivity index is 1.53. The molecule has 0 atom stereocenters. The summed E-state index contributed by atoms with van der Waals surface area (Å²) in [4.78, 5) is 32.7. The molecule has 37 heavy (non-hydrogen) atoms. The second-order valence-corrected chi connectivity index (χ2v) is 9.47. The average Bonchev–Trinajstić information content (AvgIpc) is 3.12. The Morgan fingerprint density at radius 1 is 0.946 bits per heavy atom. The van der Waals surface area contributed by atoms with Crippen LogP contribution in [0.5, 0.6) is 17.2 Å². The molecule has 8 nitrogen and oxygen atoms in total. The van der Waals surface area contributed by atoms with Crippen LogP contribution in [0.4, 0.5) is 4.79 Å². The summed E-state index contributed by atoms with van der Waals surface area (Å²) in [6, 6.07) is 13.6. The molecular weight excluding hydrogens is 470 g/mol. The first-order valence-corrected chi connectivity index (χ1v) is 12.8. The van der Waals surface area contributed by atoms with Crippen molar-refractivity contribution in [2.75, 3.05) is 47.5 Å². The first kappa shape index (κ1) is 26.5. The van der Waals surface area contributed by atoms with Crippen LogP contribution in [0.3, 0.4) is 0 Å². The molecule has 2 aliphatic heterocycles. The number of carbonyl (C=O) groups excluding carboxylic acids is 2. The summed E-state index contributed by atoms with van der Waals surface area (Å²) >= 11 is 0. The van der Waals surface area contributed by atoms with E-state index in [0.29, 0.717) is 69.2 Å². The molecule has 2 fully saturated rings. The number of rotatable bonds is 10. The van der Waals surface area contributed by atoms with Gasteiger partial charge in [0.15, 0.2) is 0 Å². The lowest BCUT2D eigenvalue weighted by atomic mass is 9.85. The zero-order chi connectivity index (χ0) is 26.4. The van der Waals surface area contributed by atoms with E-state index in [1.54, 1.807) is 21.3 Å². The summed E-state index contributed by atoms with van der Waals surface area (Å²) in [5.74, 6) is 1.99. The molecule has 2 heterocycles. The van der Waals surface area contributed by atoms with E-state index in [0.717, 1.165) is 11.1 Å². The fourth-order valence-electron chi connectivity index (χ4n) is 5.37. The van der Waals surface area contributed by atoms with Gasteiger partial charge in [-0.3, -0.25) is 14.6 Å². The minimum atomic E-state index is -0.808. The molecule has 3 amide bonds. The minimum Gasteiger partial charge on any atom is -0.496 e. The van der Waals surface area contributed by atoms with Crippen molar-refractivity contribution in [2.24, 2.45) is 0 Å². The second kappa shape index (κ2) is 11.7. The number of amides is 3. The number of ether oxygens (including phenoxy) is 3. The topological polar surface area (TPSA) is 71.6 Å². The fourth-order valence-corrected chi connectivity index (χ4v) is 5.37. The highest BCUT2D eigenvalue weighted by Crippen LogP contribution is 2.40. The molecule has 2 aromatic rings. The van der Waals surface area contributed by atoms with E-state index in [1.807, 2.05) is 54.3 Å². The number of hydrogen-bond donors (Lipinski definition) is 0. The number of urea groups is 1. The molecule has 0 radical (unpaired) electrons. The van der Waals surface area contributed by atoms with Crippen LogP contribution in [0.2, 0.25) is 0 Å². The Labute approximate surface area is 219 Å². The third kappa shape index (κ3) is 5.30. The second-order valence-electron chi connectivity index (χ2n) is 9.47. The Morgan fingerprint density at radius 3 is 2.16 bits per heavy atom. The van der Waals surface area contributed by atoms with Crippen molar-refractivity contribution in [2.45, 2.75) is 38.3 Å². The molecule has 8 heteroatoms. The van der Waals surface area contributed by atoms with Gasteiger partial charge in [-0.05, 0) is 31.7 Å². The van der Waals surface area contributed by atoms with E-state index < -0.39 is 5.54 Å². The normalized spacial score (nSPS) is 17.7. The summed E-state index contributed by atoms with van der Waals surface area (Å²) in [7, 11) is 4.88. The maximum Gasteiger partial charge on any atom is 0.327 e. The highest BCUT2D eigenvalue weighted by molar-refractivity contribution is 6.07. The van der Waals surface area contributed by atoms with Gasteiger partial charge in [-0.25, -0.2) is 4.79 Å². The van der Waals surface area contributed by atoms with Gasteiger partial charge in [-0.15, -0.1) is 0 Å². The standard InChI is InChI=1S/C29H37N3O5/c1-5-6-15-31-27(33)29(32(28(31)34)16-12-22-10-8-7-9-11-22)13-17-30(18-14-29)21-24-25(36-3)19-23(35-2)20-26(24)37-4/h5-11,19-20H,12-18,21H2,1-4H3. The maximum atomic E-state index is 13.7. The van der Waals surface area contributed by atoms with E-state index in [-0.39, 0.29) is 11.9 Å². The molecule has 1 spiro atoms. The van der Waals surface area contributed by atoms with Gasteiger partial charge in [0.25, 0.3) is 5.91 Å². The quantitative estimate of drug-likeness (QED) is 0.356. The molecular formula is C29H37N3O5. The van der Waals surface area contributed by atoms with Gasteiger partial charge in [0.1, 0.15) is 22.8 Å². The summed E-state index contributed by atoms with van der Waals surface area (Å²) in [6.45, 7) is 4.69. The smallest absolute Gasteiger partial charge is 0.327 e. The van der Waals surface area contributed by atoms with Crippen LogP contribution in [0, 0.1) is 0 Å². The lowest BCUT2D eigenvalue weighted by Gasteiger charge is -2.42. The van der Waals surface area contributed by atoms with Gasteiger partial charge in [0.2, 0.25) is 0 Å². The predicted molar refractivity (Wildman–Crippen MR) is 142 cm³/mol. The summed E-state index contributed by atoms with van der Waals surface area (Å²) in [5, 5.41) is 0. The lowest BCUT2D eigenvalue weighted by molar-refractivity contribution is -0.135. The number of piperidine rings is 1. The zero-order valence-corrected chi connectivity index (χ0v) is 22.2. The van der Waals surface area contributed by atoms with Crippen LogP contribution >= 0.6 is 0 Å². The molecule has 2 saturated heterocycles. The predicted octanol–water partition coefficient (Wildman–Crippen LogP) is 4.13. The van der Waals surface area contributed by atoms with Crippen LogP contribution in [-0.2, 0) is 17.8 Å². The van der Waals surface area contributed by atoms with Gasteiger partial charge in [-0.1, -0.05) is 42.5 Å². The Morgan fingerprint density at radius 2 is 1.59 bits per heavy atom. The number of benzene rings is 2. The highest BCUT2D eigenvalue weighted by atomic mass is 16.5. The molecule has 2 aliphatic rings. The van der Waals surface area contributed by atoms with Crippen LogP contribution in [0.1, 0.15) is 30.9 Å². The summed E-state index contributed by atoms with van der Waals surface area (Å²) < 4.78 is 16.6. The summed E-state index contributed by atoms with van der Waals surface area (Å²) in [6.07, 6.45) is 5.61. The van der Waals surface area contributed by atoms with Crippen molar-refractivity contribution in [1.29, 1.82) is 0 Å². The van der Waals surface area contributed by atoms with E-state index in [1.165, 1.54) is 4.90 Å². The zero-order valence-electron chi connectivity index (χ0n) is 22.2. The van der Waals surface area contributed by atoms with Gasteiger partial charge >= 0.3 is 6.03 Å². The van der Waals surface area contributed by atoms with Crippen LogP contribution in [0.15, 0.2) is 54.6 Å². The van der Waals surface area contributed by atoms with Gasteiger partial charge in [0, 0.05) is 44.9 Å². The van der Waals surface area contributed by atoms with E-state index in [9.17, 15) is 9.59 Å². The number of allylic oxidation sites excluding steroid dienone is 1. The van der Waals surface area contributed by atoms with E-state index in [2.05, 4.69) is 17.0 Å². The molecule has 4 rings (SSSR count). The van der Waals surface area contributed by atoms with Crippen molar-refractivity contribution in [3.05, 3.63) is 65.7 Å².